The van der Waals surface area contributed by atoms with Gasteiger partial charge in [-0.25, -0.2) is 0 Å². The Morgan fingerprint density at radius 1 is 0.688 bits per heavy atom. The first-order valence-electron chi connectivity index (χ1n) is 6.53. The molecule has 0 amide bonds. The van der Waals surface area contributed by atoms with Crippen molar-refractivity contribution in [1.82, 2.24) is 9.80 Å². The summed E-state index contributed by atoms with van der Waals surface area (Å²) in [5, 5.41) is 18.4. The van der Waals surface area contributed by atoms with E-state index in [1.165, 1.54) is 25.9 Å². The van der Waals surface area contributed by atoms with Crippen molar-refractivity contribution < 1.29 is 10.2 Å². The van der Waals surface area contributed by atoms with Crippen LogP contribution in [0, 0.1) is 11.8 Å². The van der Waals surface area contributed by atoms with E-state index in [4.69, 9.17) is 0 Å². The van der Waals surface area contributed by atoms with Crippen LogP contribution in [0.1, 0.15) is 12.8 Å². The third kappa shape index (κ3) is 1.99. The quantitative estimate of drug-likeness (QED) is 0.577. The maximum atomic E-state index is 9.18. The lowest BCUT2D eigenvalue weighted by Crippen LogP contribution is -2.26. The molecule has 92 valence electrons. The Bertz CT molecular complexity index is 231. The van der Waals surface area contributed by atoms with Gasteiger partial charge in [-0.05, 0) is 25.9 Å². The summed E-state index contributed by atoms with van der Waals surface area (Å²) in [5.41, 5.74) is 0. The summed E-state index contributed by atoms with van der Waals surface area (Å²) >= 11 is 0. The highest BCUT2D eigenvalue weighted by atomic mass is 16.3. The predicted molar refractivity (Wildman–Crippen MR) is 61.1 cm³/mol. The second-order valence-electron chi connectivity index (χ2n) is 5.75. The van der Waals surface area contributed by atoms with Crippen molar-refractivity contribution in [1.29, 1.82) is 0 Å². The van der Waals surface area contributed by atoms with Crippen molar-refractivity contribution in [2.24, 2.45) is 11.8 Å². The van der Waals surface area contributed by atoms with Gasteiger partial charge >= 0.3 is 0 Å². The lowest BCUT2D eigenvalue weighted by molar-refractivity contribution is 0.117. The molecule has 2 unspecified atom stereocenters. The summed E-state index contributed by atoms with van der Waals surface area (Å²) in [6.07, 6.45) is 2.45. The molecule has 4 rings (SSSR count). The van der Waals surface area contributed by atoms with E-state index in [0.717, 1.165) is 26.2 Å². The summed E-state index contributed by atoms with van der Waals surface area (Å²) in [5.74, 6) is 1.24. The fourth-order valence-electron chi connectivity index (χ4n) is 3.51. The van der Waals surface area contributed by atoms with Gasteiger partial charge in [0.1, 0.15) is 0 Å². The van der Waals surface area contributed by atoms with Crippen LogP contribution in [0.15, 0.2) is 0 Å². The van der Waals surface area contributed by atoms with Crippen molar-refractivity contribution in [3.8, 4) is 0 Å². The SMILES string of the molecule is O[C@@H]1CN2CC[C@H]1C2.O[C@H]1CN2CC[C@@H]1C2. The Morgan fingerprint density at radius 2 is 1.12 bits per heavy atom. The van der Waals surface area contributed by atoms with Gasteiger partial charge in [-0.15, -0.1) is 0 Å². The van der Waals surface area contributed by atoms with Gasteiger partial charge in [0.05, 0.1) is 12.2 Å². The van der Waals surface area contributed by atoms with Gasteiger partial charge in [-0.2, -0.15) is 0 Å². The highest BCUT2D eigenvalue weighted by Crippen LogP contribution is 2.27. The maximum absolute atomic E-state index is 9.18. The number of nitrogens with zero attached hydrogens (tertiary/aromatic N) is 2. The third-order valence-electron chi connectivity index (χ3n) is 4.60. The standard InChI is InChI=1S/2C6H11NO/c2*8-6-4-7-2-1-5(6)3-7/h2*5-6,8H,1-4H2/t2*5-,6+/m10/s1. The molecule has 4 heteroatoms. The minimum absolute atomic E-state index is 0.00347. The Balaban J connectivity index is 0.000000101. The van der Waals surface area contributed by atoms with Crippen LogP contribution in [-0.2, 0) is 0 Å². The second-order valence-corrected chi connectivity index (χ2v) is 5.75. The zero-order valence-electron chi connectivity index (χ0n) is 9.76. The van der Waals surface area contributed by atoms with E-state index in [1.54, 1.807) is 0 Å². The lowest BCUT2D eigenvalue weighted by Gasteiger charge is -2.15. The molecule has 4 saturated heterocycles. The molecule has 4 aliphatic heterocycles. The first-order valence-corrected chi connectivity index (χ1v) is 6.53. The number of aliphatic hydroxyl groups excluding tert-OH is 2. The van der Waals surface area contributed by atoms with Gasteiger partial charge in [0.15, 0.2) is 0 Å². The molecule has 6 atom stereocenters. The molecular formula is C12H22N2O2. The van der Waals surface area contributed by atoms with Crippen LogP contribution >= 0.6 is 0 Å². The van der Waals surface area contributed by atoms with E-state index in [1.807, 2.05) is 0 Å². The van der Waals surface area contributed by atoms with Crippen molar-refractivity contribution in [2.75, 3.05) is 39.3 Å². The molecule has 0 aliphatic carbocycles. The summed E-state index contributed by atoms with van der Waals surface area (Å²) in [6.45, 7) is 6.63. The highest BCUT2D eigenvalue weighted by Gasteiger charge is 2.37. The lowest BCUT2D eigenvalue weighted by atomic mass is 10.0. The van der Waals surface area contributed by atoms with Crippen LogP contribution in [-0.4, -0.2) is 71.5 Å². The summed E-state index contributed by atoms with van der Waals surface area (Å²) in [4.78, 5) is 4.66. The molecule has 0 saturated carbocycles. The fourth-order valence-corrected chi connectivity index (χ4v) is 3.51. The average Bonchev–Trinajstić information content (AvgIpc) is 2.94. The van der Waals surface area contributed by atoms with Crippen LogP contribution < -0.4 is 0 Å². The van der Waals surface area contributed by atoms with Crippen LogP contribution in [0.5, 0.6) is 0 Å². The van der Waals surface area contributed by atoms with E-state index in [2.05, 4.69) is 9.80 Å². The zero-order valence-corrected chi connectivity index (χ0v) is 9.76. The van der Waals surface area contributed by atoms with Crippen LogP contribution in [0.4, 0.5) is 0 Å². The third-order valence-corrected chi connectivity index (χ3v) is 4.60. The number of piperidine rings is 2. The molecule has 4 heterocycles. The smallest absolute Gasteiger partial charge is 0.0707 e. The second kappa shape index (κ2) is 4.26. The predicted octanol–water partition coefficient (Wildman–Crippen LogP) is -0.634. The number of rotatable bonds is 0. The van der Waals surface area contributed by atoms with Crippen molar-refractivity contribution in [2.45, 2.75) is 25.0 Å². The van der Waals surface area contributed by atoms with E-state index in [9.17, 15) is 10.2 Å². The monoisotopic (exact) mass is 226 g/mol. The van der Waals surface area contributed by atoms with Gasteiger partial charge in [-0.1, -0.05) is 0 Å². The normalized spacial score (nSPS) is 52.9. The molecule has 4 aliphatic rings. The molecule has 0 aromatic heterocycles. The van der Waals surface area contributed by atoms with Gasteiger partial charge < -0.3 is 20.0 Å². The van der Waals surface area contributed by atoms with E-state index >= 15 is 0 Å². The first kappa shape index (κ1) is 11.0. The minimum Gasteiger partial charge on any atom is -0.391 e. The summed E-state index contributed by atoms with van der Waals surface area (Å²) < 4.78 is 0. The molecule has 4 fully saturated rings. The van der Waals surface area contributed by atoms with Crippen LogP contribution in [0.25, 0.3) is 0 Å². The van der Waals surface area contributed by atoms with E-state index < -0.39 is 0 Å². The van der Waals surface area contributed by atoms with Crippen molar-refractivity contribution in [3.05, 3.63) is 0 Å². The van der Waals surface area contributed by atoms with Gasteiger partial charge in [0.2, 0.25) is 0 Å². The number of hydrogen-bond donors (Lipinski definition) is 2. The van der Waals surface area contributed by atoms with Gasteiger partial charge in [0.25, 0.3) is 0 Å². The number of hydrogen-bond acceptors (Lipinski definition) is 4. The Morgan fingerprint density at radius 3 is 1.25 bits per heavy atom. The number of fused-ring (bicyclic) bond motifs is 4. The zero-order chi connectivity index (χ0) is 11.1. The molecule has 4 nitrogen and oxygen atoms in total. The molecule has 0 spiro atoms. The Kier molecular flexibility index (Phi) is 2.92. The van der Waals surface area contributed by atoms with E-state index in [-0.39, 0.29) is 12.2 Å². The Hall–Kier alpha value is -0.160. The van der Waals surface area contributed by atoms with Crippen LogP contribution in [0.3, 0.4) is 0 Å². The van der Waals surface area contributed by atoms with E-state index in [0.29, 0.717) is 11.8 Å². The average molecular weight is 226 g/mol. The molecule has 4 bridgehead atoms. The summed E-state index contributed by atoms with van der Waals surface area (Å²) in [6, 6.07) is 0. The Labute approximate surface area is 96.8 Å². The minimum atomic E-state index is 0.00347. The highest BCUT2D eigenvalue weighted by molar-refractivity contribution is 4.90. The maximum Gasteiger partial charge on any atom is 0.0707 e. The van der Waals surface area contributed by atoms with Crippen molar-refractivity contribution >= 4 is 0 Å². The van der Waals surface area contributed by atoms with Gasteiger partial charge in [0, 0.05) is 38.0 Å². The topological polar surface area (TPSA) is 46.9 Å². The van der Waals surface area contributed by atoms with Crippen LogP contribution in [0.2, 0.25) is 0 Å². The first-order chi connectivity index (χ1) is 7.72. The van der Waals surface area contributed by atoms with Crippen molar-refractivity contribution in [3.63, 3.8) is 0 Å². The molecule has 2 N–H and O–H groups in total. The number of aliphatic hydroxyl groups is 2. The largest absolute Gasteiger partial charge is 0.391 e. The summed E-state index contributed by atoms with van der Waals surface area (Å²) in [7, 11) is 0. The molecular weight excluding hydrogens is 204 g/mol. The molecule has 0 aromatic carbocycles. The molecule has 0 aromatic rings. The molecule has 0 radical (unpaired) electrons. The fraction of sp³-hybridized carbons (Fsp3) is 1.00. The van der Waals surface area contributed by atoms with Gasteiger partial charge in [-0.3, -0.25) is 0 Å². The molecule has 16 heavy (non-hydrogen) atoms.